The van der Waals surface area contributed by atoms with Crippen LogP contribution in [0.5, 0.6) is 0 Å². The van der Waals surface area contributed by atoms with Gasteiger partial charge in [-0.1, -0.05) is 112 Å². The zero-order valence-electron chi connectivity index (χ0n) is 25.6. The maximum absolute atomic E-state index is 12.3. The van der Waals surface area contributed by atoms with Crippen LogP contribution in [-0.2, 0) is 27.5 Å². The van der Waals surface area contributed by atoms with Crippen LogP contribution in [-0.4, -0.2) is 12.6 Å². The van der Waals surface area contributed by atoms with Crippen LogP contribution >= 0.6 is 23.5 Å². The van der Waals surface area contributed by atoms with Gasteiger partial charge in [-0.2, -0.15) is 0 Å². The van der Waals surface area contributed by atoms with Crippen molar-refractivity contribution in [3.63, 3.8) is 0 Å². The Kier molecular flexibility index (Phi) is 13.2. The third-order valence-electron chi connectivity index (χ3n) is 8.85. The summed E-state index contributed by atoms with van der Waals surface area (Å²) >= 11 is 3.86. The number of aryl methyl sites for hydroxylation is 1. The summed E-state index contributed by atoms with van der Waals surface area (Å²) in [4.78, 5) is 15.0. The van der Waals surface area contributed by atoms with Crippen molar-refractivity contribution in [3.05, 3.63) is 108 Å². The van der Waals surface area contributed by atoms with Crippen LogP contribution in [0, 0.1) is 17.8 Å². The quantitative estimate of drug-likeness (QED) is 0.0582. The topological polar surface area (TPSA) is 26.3 Å². The highest BCUT2D eigenvalue weighted by Gasteiger charge is 2.40. The van der Waals surface area contributed by atoms with Gasteiger partial charge in [-0.15, -0.1) is 23.5 Å². The highest BCUT2D eigenvalue weighted by molar-refractivity contribution is 7.98. The van der Waals surface area contributed by atoms with E-state index in [1.54, 1.807) is 0 Å². The summed E-state index contributed by atoms with van der Waals surface area (Å²) in [5.74, 6) is 3.30. The van der Waals surface area contributed by atoms with Crippen LogP contribution in [0.2, 0.25) is 0 Å². The largest absolute Gasteiger partial charge is 0.465 e. The zero-order valence-corrected chi connectivity index (χ0v) is 27.3. The highest BCUT2D eigenvalue weighted by Crippen LogP contribution is 2.43. The van der Waals surface area contributed by atoms with Gasteiger partial charge in [0, 0.05) is 21.3 Å². The lowest BCUT2D eigenvalue weighted by molar-refractivity contribution is -0.149. The number of carbonyl (C=O) groups excluding carboxylic acids is 1. The normalized spacial score (nSPS) is 18.7. The molecule has 5 rings (SSSR count). The molecular formula is C39H48O2S2. The molecule has 2 nitrogen and oxygen atoms in total. The summed E-state index contributed by atoms with van der Waals surface area (Å²) in [6, 6.07) is 28.8. The van der Waals surface area contributed by atoms with E-state index in [0.717, 1.165) is 30.8 Å². The van der Waals surface area contributed by atoms with Crippen LogP contribution in [0.15, 0.2) is 101 Å². The molecule has 3 aromatic rings. The van der Waals surface area contributed by atoms with Gasteiger partial charge < -0.3 is 4.74 Å². The van der Waals surface area contributed by atoms with Crippen molar-refractivity contribution in [2.45, 2.75) is 98.3 Å². The van der Waals surface area contributed by atoms with Gasteiger partial charge in [0.15, 0.2) is 0 Å². The lowest BCUT2D eigenvalue weighted by atomic mass is 9.94. The van der Waals surface area contributed by atoms with Crippen molar-refractivity contribution in [3.8, 4) is 0 Å². The Hall–Kier alpha value is -2.43. The first-order valence-electron chi connectivity index (χ1n) is 16.6. The van der Waals surface area contributed by atoms with Crippen LogP contribution < -0.4 is 0 Å². The molecule has 0 heterocycles. The lowest BCUT2D eigenvalue weighted by Gasteiger charge is -2.16. The first-order valence-corrected chi connectivity index (χ1v) is 18.5. The third-order valence-corrected chi connectivity index (χ3v) is 11.0. The van der Waals surface area contributed by atoms with Crippen LogP contribution in [0.4, 0.5) is 0 Å². The van der Waals surface area contributed by atoms with Crippen LogP contribution in [0.3, 0.4) is 0 Å². The van der Waals surface area contributed by atoms with Crippen molar-refractivity contribution in [2.24, 2.45) is 17.8 Å². The van der Waals surface area contributed by atoms with Gasteiger partial charge >= 0.3 is 5.97 Å². The Balaban J connectivity index is 0.946. The standard InChI is InChI=1S/C39H48O2S2/c40-39(38-28-32-21-22-35(38)27-32)41-23-15-7-5-3-1-2-4-6-10-16-31-24-33(29-42-36-17-11-8-12-18-36)26-34(25-31)30-43-37-19-13-9-14-20-37/h8-9,11-14,17-22,24-26,32,35,38H,1-7,10,15-16,23,27-30H2/t32-,35+,38-/m1/s1. The second-order valence-corrected chi connectivity index (χ2v) is 14.4. The molecule has 3 aromatic carbocycles. The second kappa shape index (κ2) is 17.8. The van der Waals surface area contributed by atoms with Crippen molar-refractivity contribution in [1.82, 2.24) is 0 Å². The number of unbranched alkanes of at least 4 members (excludes halogenated alkanes) is 8. The lowest BCUT2D eigenvalue weighted by Crippen LogP contribution is -2.21. The number of allylic oxidation sites excluding steroid dienone is 2. The molecule has 228 valence electrons. The van der Waals surface area contributed by atoms with E-state index < -0.39 is 0 Å². The summed E-state index contributed by atoms with van der Waals surface area (Å²) in [5.41, 5.74) is 4.37. The Morgan fingerprint density at radius 2 is 1.16 bits per heavy atom. The van der Waals surface area contributed by atoms with Crippen molar-refractivity contribution in [2.75, 3.05) is 6.61 Å². The summed E-state index contributed by atoms with van der Waals surface area (Å²) in [7, 11) is 0. The number of carbonyl (C=O) groups is 1. The van der Waals surface area contributed by atoms with E-state index in [0.29, 0.717) is 18.4 Å². The molecule has 0 radical (unpaired) electrons. The van der Waals surface area contributed by atoms with Crippen molar-refractivity contribution >= 4 is 29.5 Å². The molecule has 43 heavy (non-hydrogen) atoms. The molecule has 0 aromatic heterocycles. The fourth-order valence-corrected chi connectivity index (χ4v) is 8.22. The van der Waals surface area contributed by atoms with Crippen molar-refractivity contribution < 1.29 is 9.53 Å². The molecule has 1 fully saturated rings. The smallest absolute Gasteiger partial charge is 0.309 e. The van der Waals surface area contributed by atoms with Gasteiger partial charge in [0.25, 0.3) is 0 Å². The van der Waals surface area contributed by atoms with E-state index in [1.807, 2.05) is 23.5 Å². The first-order chi connectivity index (χ1) is 21.2. The van der Waals surface area contributed by atoms with Crippen molar-refractivity contribution in [1.29, 1.82) is 0 Å². The monoisotopic (exact) mass is 612 g/mol. The number of hydrogen-bond donors (Lipinski definition) is 0. The maximum atomic E-state index is 12.3. The highest BCUT2D eigenvalue weighted by atomic mass is 32.2. The SMILES string of the molecule is O=C(OCCCCCCCCCCCc1cc(CSc2ccccc2)cc(CSc2ccccc2)c1)[C@@H]1C[C@@H]2C=C[C@H]1C2. The van der Waals surface area contributed by atoms with E-state index in [9.17, 15) is 4.79 Å². The number of fused-ring (bicyclic) bond motifs is 2. The number of hydrogen-bond acceptors (Lipinski definition) is 4. The number of rotatable bonds is 19. The molecule has 0 aliphatic heterocycles. The summed E-state index contributed by atoms with van der Waals surface area (Å²) < 4.78 is 5.59. The fourth-order valence-electron chi connectivity index (χ4n) is 6.52. The molecule has 3 atom stereocenters. The number of ether oxygens (including phenoxy) is 1. The molecule has 0 saturated heterocycles. The molecule has 2 aliphatic carbocycles. The summed E-state index contributed by atoms with van der Waals surface area (Å²) in [6.07, 6.45) is 19.2. The van der Waals surface area contributed by atoms with Crippen LogP contribution in [0.25, 0.3) is 0 Å². The average molecular weight is 613 g/mol. The van der Waals surface area contributed by atoms with Gasteiger partial charge in [-0.25, -0.2) is 0 Å². The van der Waals surface area contributed by atoms with Gasteiger partial charge in [-0.3, -0.25) is 4.79 Å². The van der Waals surface area contributed by atoms with E-state index >= 15 is 0 Å². The Bertz CT molecular complexity index is 1210. The number of esters is 1. The third kappa shape index (κ3) is 10.9. The Morgan fingerprint density at radius 3 is 1.70 bits per heavy atom. The Morgan fingerprint density at radius 1 is 0.628 bits per heavy atom. The number of benzene rings is 3. The zero-order chi connectivity index (χ0) is 29.5. The summed E-state index contributed by atoms with van der Waals surface area (Å²) in [6.45, 7) is 0.606. The average Bonchev–Trinajstić information content (AvgIpc) is 3.69. The maximum Gasteiger partial charge on any atom is 0.309 e. The van der Waals surface area contributed by atoms with Gasteiger partial charge in [0.1, 0.15) is 0 Å². The number of thioether (sulfide) groups is 2. The van der Waals surface area contributed by atoms with E-state index in [4.69, 9.17) is 4.74 Å². The molecule has 1 saturated carbocycles. The van der Waals surface area contributed by atoms with E-state index in [-0.39, 0.29) is 11.9 Å². The molecule has 4 heteroatoms. The minimum Gasteiger partial charge on any atom is -0.465 e. The molecule has 0 unspecified atom stereocenters. The molecule has 2 aliphatic rings. The molecule has 0 N–H and O–H groups in total. The van der Waals surface area contributed by atoms with Crippen LogP contribution in [0.1, 0.15) is 87.3 Å². The minimum atomic E-state index is 0.0527. The van der Waals surface area contributed by atoms with E-state index in [1.165, 1.54) is 84.3 Å². The minimum absolute atomic E-state index is 0.0527. The molecule has 2 bridgehead atoms. The fraction of sp³-hybridized carbons (Fsp3) is 0.462. The van der Waals surface area contributed by atoms with Gasteiger partial charge in [-0.05, 0) is 84.9 Å². The predicted octanol–water partition coefficient (Wildman–Crippen LogP) is 11.1. The van der Waals surface area contributed by atoms with E-state index in [2.05, 4.69) is 91.0 Å². The predicted molar refractivity (Wildman–Crippen MR) is 184 cm³/mol. The summed E-state index contributed by atoms with van der Waals surface area (Å²) in [5, 5.41) is 0. The van der Waals surface area contributed by atoms with Gasteiger partial charge in [0.05, 0.1) is 12.5 Å². The van der Waals surface area contributed by atoms with Gasteiger partial charge in [0.2, 0.25) is 0 Å². The molecular weight excluding hydrogens is 565 g/mol. The molecule has 0 spiro atoms. The Labute approximate surface area is 268 Å². The first kappa shape index (κ1) is 32.0. The molecule has 0 amide bonds. The second-order valence-electron chi connectivity index (χ2n) is 12.3.